The zero-order valence-electron chi connectivity index (χ0n) is 12.9. The third kappa shape index (κ3) is 4.06. The number of hydrogen-bond acceptors (Lipinski definition) is 6. The molecule has 2 unspecified atom stereocenters. The van der Waals surface area contributed by atoms with Crippen molar-refractivity contribution in [1.29, 1.82) is 0 Å². The smallest absolute Gasteiger partial charge is 0.422 e. The molecule has 3 heterocycles. The van der Waals surface area contributed by atoms with Crippen molar-refractivity contribution in [3.05, 3.63) is 29.8 Å². The molecule has 0 radical (unpaired) electrons. The predicted octanol–water partition coefficient (Wildman–Crippen LogP) is 2.43. The van der Waals surface area contributed by atoms with Crippen LogP contribution in [0, 0.1) is 0 Å². The van der Waals surface area contributed by atoms with Crippen LogP contribution in [0.3, 0.4) is 0 Å². The average molecular weight is 356 g/mol. The van der Waals surface area contributed by atoms with Crippen LogP contribution in [0.5, 0.6) is 0 Å². The molecular formula is C16H24N2O5S. The molecule has 24 heavy (non-hydrogen) atoms. The van der Waals surface area contributed by atoms with Gasteiger partial charge in [0.1, 0.15) is 6.61 Å². The summed E-state index contributed by atoms with van der Waals surface area (Å²) < 4.78 is 35.4. The van der Waals surface area contributed by atoms with Gasteiger partial charge in [-0.3, -0.25) is 9.61 Å². The normalized spacial score (nSPS) is 27.3. The Bertz CT molecular complexity index is 674. The minimum atomic E-state index is -3.84. The van der Waals surface area contributed by atoms with Crippen LogP contribution in [0.25, 0.3) is 0 Å². The summed E-state index contributed by atoms with van der Waals surface area (Å²) in [6.07, 6.45) is 1.50. The second kappa shape index (κ2) is 7.50. The number of hydrazine groups is 1. The average Bonchev–Trinajstić information content (AvgIpc) is 2.53. The number of ether oxygens (including phenoxy) is 1. The Kier molecular flexibility index (Phi) is 5.84. The SMILES string of the molecule is C.CC1OS(=O)(=O)c2ccc(cc2)COC(=O)NN2CCCCC12. The fourth-order valence-corrected chi connectivity index (χ4v) is 4.06. The Hall–Kier alpha value is -1.64. The van der Waals surface area contributed by atoms with Crippen molar-refractivity contribution in [2.45, 2.75) is 57.3 Å². The van der Waals surface area contributed by atoms with Gasteiger partial charge in [0.2, 0.25) is 0 Å². The summed E-state index contributed by atoms with van der Waals surface area (Å²) in [5, 5.41) is 1.72. The summed E-state index contributed by atoms with van der Waals surface area (Å²) in [5.74, 6) is 0. The van der Waals surface area contributed by atoms with E-state index in [1.54, 1.807) is 24.1 Å². The Labute approximate surface area is 143 Å². The summed E-state index contributed by atoms with van der Waals surface area (Å²) in [6, 6.07) is 5.94. The van der Waals surface area contributed by atoms with E-state index < -0.39 is 22.3 Å². The van der Waals surface area contributed by atoms with Crippen LogP contribution in [0.2, 0.25) is 0 Å². The Balaban J connectivity index is 0.00000208. The van der Waals surface area contributed by atoms with E-state index in [2.05, 4.69) is 5.43 Å². The first-order valence-corrected chi connectivity index (χ1v) is 9.09. The molecule has 1 aromatic carbocycles. The van der Waals surface area contributed by atoms with Gasteiger partial charge in [-0.05, 0) is 37.5 Å². The van der Waals surface area contributed by atoms with Crippen molar-refractivity contribution in [3.8, 4) is 0 Å². The van der Waals surface area contributed by atoms with E-state index in [1.165, 1.54) is 12.1 Å². The highest BCUT2D eigenvalue weighted by Gasteiger charge is 2.33. The lowest BCUT2D eigenvalue weighted by Crippen LogP contribution is -2.55. The van der Waals surface area contributed by atoms with E-state index in [9.17, 15) is 13.2 Å². The van der Waals surface area contributed by atoms with Gasteiger partial charge in [0.15, 0.2) is 0 Å². The van der Waals surface area contributed by atoms with Crippen molar-refractivity contribution in [2.75, 3.05) is 6.54 Å². The highest BCUT2D eigenvalue weighted by atomic mass is 32.2. The van der Waals surface area contributed by atoms with Crippen molar-refractivity contribution in [1.82, 2.24) is 10.4 Å². The molecule has 0 spiro atoms. The van der Waals surface area contributed by atoms with Gasteiger partial charge < -0.3 is 4.74 Å². The topological polar surface area (TPSA) is 84.9 Å². The van der Waals surface area contributed by atoms with Crippen LogP contribution in [0.15, 0.2) is 29.2 Å². The quantitative estimate of drug-likeness (QED) is 0.719. The number of hydrogen-bond donors (Lipinski definition) is 1. The minimum absolute atomic E-state index is 0. The predicted molar refractivity (Wildman–Crippen MR) is 88.6 cm³/mol. The Morgan fingerprint density at radius 3 is 2.62 bits per heavy atom. The second-order valence-corrected chi connectivity index (χ2v) is 7.42. The van der Waals surface area contributed by atoms with Crippen LogP contribution in [-0.4, -0.2) is 38.2 Å². The molecule has 2 atom stereocenters. The third-order valence-electron chi connectivity index (χ3n) is 4.19. The minimum Gasteiger partial charge on any atom is -0.444 e. The first-order chi connectivity index (χ1) is 11.0. The molecule has 134 valence electrons. The molecular weight excluding hydrogens is 332 g/mol. The molecule has 0 aromatic heterocycles. The van der Waals surface area contributed by atoms with Gasteiger partial charge >= 0.3 is 6.09 Å². The number of piperidine rings is 1. The molecule has 1 N–H and O–H groups in total. The van der Waals surface area contributed by atoms with Crippen molar-refractivity contribution in [2.24, 2.45) is 0 Å². The monoisotopic (exact) mass is 356 g/mol. The van der Waals surface area contributed by atoms with Gasteiger partial charge in [-0.1, -0.05) is 26.0 Å². The molecule has 8 heteroatoms. The summed E-state index contributed by atoms with van der Waals surface area (Å²) in [5.41, 5.74) is 3.41. The fraction of sp³-hybridized carbons (Fsp3) is 0.562. The molecule has 1 amide bonds. The van der Waals surface area contributed by atoms with Gasteiger partial charge in [-0.15, -0.1) is 0 Å². The zero-order valence-corrected chi connectivity index (χ0v) is 13.7. The third-order valence-corrected chi connectivity index (χ3v) is 5.59. The number of carbonyl (C=O) groups excluding carboxylic acids is 1. The number of benzene rings is 1. The highest BCUT2D eigenvalue weighted by Crippen LogP contribution is 2.24. The molecule has 1 fully saturated rings. The lowest BCUT2D eigenvalue weighted by Gasteiger charge is -2.37. The first-order valence-electron chi connectivity index (χ1n) is 7.68. The summed E-state index contributed by atoms with van der Waals surface area (Å²) >= 11 is 0. The van der Waals surface area contributed by atoms with Crippen molar-refractivity contribution < 1.29 is 22.1 Å². The van der Waals surface area contributed by atoms with Crippen LogP contribution in [0.4, 0.5) is 4.79 Å². The molecule has 3 aliphatic rings. The van der Waals surface area contributed by atoms with Crippen molar-refractivity contribution in [3.63, 3.8) is 0 Å². The molecule has 4 rings (SSSR count). The van der Waals surface area contributed by atoms with Gasteiger partial charge in [-0.25, -0.2) is 9.80 Å². The van der Waals surface area contributed by atoms with E-state index >= 15 is 0 Å². The van der Waals surface area contributed by atoms with Crippen molar-refractivity contribution >= 4 is 16.2 Å². The van der Waals surface area contributed by atoms with E-state index in [0.717, 1.165) is 19.3 Å². The molecule has 0 saturated carbocycles. The summed E-state index contributed by atoms with van der Waals surface area (Å²) in [6.45, 7) is 2.43. The number of amides is 1. The lowest BCUT2D eigenvalue weighted by atomic mass is 10.0. The maximum atomic E-state index is 12.4. The molecule has 2 bridgehead atoms. The van der Waals surface area contributed by atoms with Gasteiger partial charge in [-0.2, -0.15) is 8.42 Å². The van der Waals surface area contributed by atoms with E-state index in [0.29, 0.717) is 12.1 Å². The van der Waals surface area contributed by atoms with Gasteiger partial charge in [0.05, 0.1) is 17.0 Å². The van der Waals surface area contributed by atoms with E-state index in [-0.39, 0.29) is 25.0 Å². The number of carbonyl (C=O) groups is 1. The zero-order chi connectivity index (χ0) is 16.4. The number of nitrogens with one attached hydrogen (secondary N) is 1. The molecule has 3 aliphatic heterocycles. The largest absolute Gasteiger partial charge is 0.444 e. The molecule has 7 nitrogen and oxygen atoms in total. The van der Waals surface area contributed by atoms with Gasteiger partial charge in [0.25, 0.3) is 10.1 Å². The maximum absolute atomic E-state index is 12.4. The Morgan fingerprint density at radius 1 is 1.21 bits per heavy atom. The summed E-state index contributed by atoms with van der Waals surface area (Å²) in [7, 11) is -3.84. The fourth-order valence-electron chi connectivity index (χ4n) is 2.95. The van der Waals surface area contributed by atoms with Crippen LogP contribution in [-0.2, 0) is 25.6 Å². The van der Waals surface area contributed by atoms with E-state index in [1.807, 2.05) is 0 Å². The highest BCUT2D eigenvalue weighted by molar-refractivity contribution is 7.86. The number of nitrogens with zero attached hydrogens (tertiary/aromatic N) is 1. The molecule has 0 aliphatic carbocycles. The maximum Gasteiger partial charge on any atom is 0.422 e. The van der Waals surface area contributed by atoms with Crippen LogP contribution < -0.4 is 5.43 Å². The second-order valence-electron chi connectivity index (χ2n) is 5.84. The standard InChI is InChI=1S/C15H20N2O5S.CH4/c1-11-14-4-2-3-9-17(14)16-15(18)21-10-12-5-7-13(8-6-12)23(19,20)22-11;/h5-8,11,14H,2-4,9-10H2,1H3,(H,16,18);1H4. The molecule has 1 aromatic rings. The number of rotatable bonds is 0. The van der Waals surface area contributed by atoms with Crippen LogP contribution in [0.1, 0.15) is 39.2 Å². The summed E-state index contributed by atoms with van der Waals surface area (Å²) in [4.78, 5) is 12.1. The molecule has 1 saturated heterocycles. The first kappa shape index (κ1) is 18.7. The number of fused-ring (bicyclic) bond motifs is 7. The van der Waals surface area contributed by atoms with Gasteiger partial charge in [0, 0.05) is 6.54 Å². The van der Waals surface area contributed by atoms with Crippen LogP contribution >= 0.6 is 0 Å². The Morgan fingerprint density at radius 2 is 1.92 bits per heavy atom. The van der Waals surface area contributed by atoms with E-state index in [4.69, 9.17) is 8.92 Å². The lowest BCUT2D eigenvalue weighted by molar-refractivity contribution is 0.0129.